The predicted octanol–water partition coefficient (Wildman–Crippen LogP) is 2.52. The van der Waals surface area contributed by atoms with E-state index in [1.165, 1.54) is 29.8 Å². The molecule has 0 aliphatic carbocycles. The molecule has 2 saturated heterocycles. The molecule has 1 aromatic heterocycles. The van der Waals surface area contributed by atoms with Gasteiger partial charge in [0.1, 0.15) is 26.7 Å². The van der Waals surface area contributed by atoms with Gasteiger partial charge in [-0.1, -0.05) is 18.2 Å². The number of rotatable bonds is 2. The normalized spacial score (nSPS) is 28.8. The highest BCUT2D eigenvalue weighted by molar-refractivity contribution is 6.56. The summed E-state index contributed by atoms with van der Waals surface area (Å²) in [5.74, 6) is -2.91. The molecule has 6 rings (SSSR count). The molecule has 1 unspecified atom stereocenters. The SMILES string of the molecule is CC(=O)N1C(=O)c2ccccc2C(=O)[C@H]2[C@@H](O[C@@]3([Si]C3OC(C)(C)C)[C@H]2OC(C)(C)C)n2ccc1nc2=O. The van der Waals surface area contributed by atoms with Crippen molar-refractivity contribution in [3.05, 3.63) is 58.1 Å². The Hall–Kier alpha value is -2.99. The molecule has 0 N–H and O–H groups in total. The molecular weight excluding hydrogens is 506 g/mol. The number of ether oxygens (including phenoxy) is 3. The van der Waals surface area contributed by atoms with Gasteiger partial charge in [-0.3, -0.25) is 19.0 Å². The van der Waals surface area contributed by atoms with Gasteiger partial charge in [-0.25, -0.2) is 9.69 Å². The van der Waals surface area contributed by atoms with Gasteiger partial charge in [-0.2, -0.15) is 4.98 Å². The minimum absolute atomic E-state index is 0.0338. The number of anilines is 1. The number of hydrogen-bond acceptors (Lipinski definition) is 8. The zero-order valence-corrected chi connectivity index (χ0v) is 23.5. The number of fused-ring (bicyclic) bond motifs is 3. The molecule has 2 fully saturated rings. The van der Waals surface area contributed by atoms with Gasteiger partial charge in [-0.15, -0.1) is 0 Å². The van der Waals surface area contributed by atoms with Crippen LogP contribution in [0.2, 0.25) is 0 Å². The number of amides is 2. The molecule has 4 aliphatic heterocycles. The number of hydrogen-bond donors (Lipinski definition) is 0. The van der Waals surface area contributed by atoms with Crippen molar-refractivity contribution in [2.45, 2.75) is 83.0 Å². The van der Waals surface area contributed by atoms with E-state index < -0.39 is 58.0 Å². The number of imide groups is 1. The molecule has 11 heteroatoms. The number of Topliss-reactive ketones (excluding diaryl/α,β-unsaturated/α-hetero) is 1. The largest absolute Gasteiger partial charge is 0.374 e. The van der Waals surface area contributed by atoms with Crippen molar-refractivity contribution in [1.29, 1.82) is 0 Å². The van der Waals surface area contributed by atoms with Crippen LogP contribution >= 0.6 is 0 Å². The molecule has 2 bridgehead atoms. The Morgan fingerprint density at radius 2 is 1.63 bits per heavy atom. The zero-order valence-electron chi connectivity index (χ0n) is 22.5. The van der Waals surface area contributed by atoms with E-state index in [-0.39, 0.29) is 32.2 Å². The average molecular weight is 538 g/mol. The van der Waals surface area contributed by atoms with Crippen LogP contribution in [0.3, 0.4) is 0 Å². The van der Waals surface area contributed by atoms with Crippen LogP contribution in [0.4, 0.5) is 5.82 Å². The third kappa shape index (κ3) is 4.47. The molecule has 200 valence electrons. The second kappa shape index (κ2) is 8.77. The molecule has 5 heterocycles. The van der Waals surface area contributed by atoms with Crippen LogP contribution in [0.5, 0.6) is 0 Å². The first-order chi connectivity index (χ1) is 17.6. The summed E-state index contributed by atoms with van der Waals surface area (Å²) < 4.78 is 20.7. The van der Waals surface area contributed by atoms with Gasteiger partial charge in [0, 0.05) is 18.7 Å². The van der Waals surface area contributed by atoms with E-state index in [9.17, 15) is 19.2 Å². The van der Waals surface area contributed by atoms with Crippen molar-refractivity contribution in [3.63, 3.8) is 0 Å². The summed E-state index contributed by atoms with van der Waals surface area (Å²) in [5, 5.41) is -0.946. The Morgan fingerprint density at radius 3 is 2.21 bits per heavy atom. The second-order valence-electron chi connectivity index (χ2n) is 11.8. The Kier molecular flexibility index (Phi) is 6.14. The Morgan fingerprint density at radius 1 is 1.00 bits per heavy atom. The van der Waals surface area contributed by atoms with Crippen LogP contribution in [0.15, 0.2) is 41.3 Å². The summed E-state index contributed by atoms with van der Waals surface area (Å²) in [6.45, 7) is 12.7. The van der Waals surface area contributed by atoms with Crippen LogP contribution in [0.25, 0.3) is 0 Å². The van der Waals surface area contributed by atoms with Crippen molar-refractivity contribution < 1.29 is 28.6 Å². The van der Waals surface area contributed by atoms with Gasteiger partial charge < -0.3 is 14.2 Å². The van der Waals surface area contributed by atoms with E-state index in [2.05, 4.69) is 4.98 Å². The maximum Gasteiger partial charge on any atom is 0.351 e. The van der Waals surface area contributed by atoms with E-state index in [0.29, 0.717) is 0 Å². The van der Waals surface area contributed by atoms with E-state index in [0.717, 1.165) is 4.90 Å². The minimum Gasteiger partial charge on any atom is -0.374 e. The highest BCUT2D eigenvalue weighted by atomic mass is 28.2. The van der Waals surface area contributed by atoms with Crippen molar-refractivity contribution in [2.75, 3.05) is 4.90 Å². The molecule has 2 aromatic rings. The van der Waals surface area contributed by atoms with Gasteiger partial charge in [0.2, 0.25) is 5.91 Å². The molecule has 4 aliphatic rings. The smallest absolute Gasteiger partial charge is 0.351 e. The lowest BCUT2D eigenvalue weighted by atomic mass is 9.87. The summed E-state index contributed by atoms with van der Waals surface area (Å²) in [7, 11) is 0.171. The summed E-state index contributed by atoms with van der Waals surface area (Å²) in [6.07, 6.45) is -0.422. The summed E-state index contributed by atoms with van der Waals surface area (Å²) in [5.41, 5.74) is -2.06. The van der Waals surface area contributed by atoms with E-state index >= 15 is 0 Å². The monoisotopic (exact) mass is 537 g/mol. The fourth-order valence-electron chi connectivity index (χ4n) is 5.07. The third-order valence-electron chi connectivity index (χ3n) is 6.55. The minimum atomic E-state index is -1.06. The van der Waals surface area contributed by atoms with E-state index in [1.54, 1.807) is 18.2 Å². The average Bonchev–Trinajstić information content (AvgIpc) is 3.37. The maximum absolute atomic E-state index is 14.4. The van der Waals surface area contributed by atoms with Gasteiger partial charge in [-0.05, 0) is 53.7 Å². The van der Waals surface area contributed by atoms with Crippen molar-refractivity contribution in [3.8, 4) is 0 Å². The summed E-state index contributed by atoms with van der Waals surface area (Å²) in [6, 6.07) is 7.72. The number of carbonyl (C=O) groups is 3. The topological polar surface area (TPSA) is 117 Å². The predicted molar refractivity (Wildman–Crippen MR) is 138 cm³/mol. The standard InChI is InChI=1S/C27H31N3O7Si/c1-14(31)30-17-12-13-29(24(34)28-17)22-18(19(32)15-10-8-9-11-16(15)21(30)33)20(35-25(2,3)4)27(36-22)23(38-27)37-26(5,6)7/h8-13,18,20,22-23H,1-7H3/t18-,20+,22-,23?,27-/m1/s1. The summed E-state index contributed by atoms with van der Waals surface area (Å²) >= 11 is 0. The first-order valence-electron chi connectivity index (χ1n) is 12.5. The third-order valence-corrected chi connectivity index (χ3v) is 8.16. The summed E-state index contributed by atoms with van der Waals surface area (Å²) in [4.78, 5) is 58.7. The van der Waals surface area contributed by atoms with Crippen molar-refractivity contribution in [2.24, 2.45) is 5.92 Å². The quantitative estimate of drug-likeness (QED) is 0.537. The van der Waals surface area contributed by atoms with Gasteiger partial charge in [0.25, 0.3) is 5.91 Å². The Balaban J connectivity index is 1.74. The Bertz CT molecular complexity index is 1390. The molecule has 5 atom stereocenters. The van der Waals surface area contributed by atoms with Crippen LogP contribution in [-0.4, -0.2) is 64.9 Å². The van der Waals surface area contributed by atoms with Gasteiger partial charge in [0.05, 0.1) is 28.4 Å². The van der Waals surface area contributed by atoms with Gasteiger partial charge >= 0.3 is 5.69 Å². The molecule has 1 aromatic carbocycles. The number of ketones is 1. The molecule has 38 heavy (non-hydrogen) atoms. The number of benzene rings is 1. The van der Waals surface area contributed by atoms with Crippen LogP contribution in [0.1, 0.15) is 75.4 Å². The first-order valence-corrected chi connectivity index (χ1v) is 13.6. The van der Waals surface area contributed by atoms with Crippen molar-refractivity contribution >= 4 is 32.9 Å². The fourth-order valence-corrected chi connectivity index (χ4v) is 6.69. The fraction of sp³-hybridized carbons (Fsp3) is 0.519. The number of carbonyl (C=O) groups excluding carboxylic acids is 3. The first kappa shape index (κ1) is 26.6. The molecule has 2 amide bonds. The van der Waals surface area contributed by atoms with Gasteiger partial charge in [0.15, 0.2) is 12.0 Å². The number of nitrogens with zero attached hydrogens (tertiary/aromatic N) is 3. The molecule has 2 radical (unpaired) electrons. The second-order valence-corrected chi connectivity index (χ2v) is 13.4. The molecule has 0 saturated carbocycles. The maximum atomic E-state index is 14.4. The lowest BCUT2D eigenvalue weighted by Crippen LogP contribution is -2.44. The zero-order chi connectivity index (χ0) is 27.8. The molecule has 1 spiro atoms. The molecule has 10 nitrogen and oxygen atoms in total. The van der Waals surface area contributed by atoms with Crippen LogP contribution in [0, 0.1) is 5.92 Å². The lowest BCUT2D eigenvalue weighted by molar-refractivity contribution is -0.136. The van der Waals surface area contributed by atoms with Crippen molar-refractivity contribution in [1.82, 2.24) is 9.55 Å². The highest BCUT2D eigenvalue weighted by Crippen LogP contribution is 2.55. The van der Waals surface area contributed by atoms with Crippen LogP contribution < -0.4 is 10.6 Å². The Labute approximate surface area is 223 Å². The highest BCUT2D eigenvalue weighted by Gasteiger charge is 2.73. The lowest BCUT2D eigenvalue weighted by Gasteiger charge is -2.32. The van der Waals surface area contributed by atoms with E-state index in [1.807, 2.05) is 41.5 Å². The number of aromatic nitrogens is 2. The van der Waals surface area contributed by atoms with E-state index in [4.69, 9.17) is 14.2 Å². The van der Waals surface area contributed by atoms with Crippen LogP contribution in [-0.2, 0) is 19.0 Å². The molecular formula is C27H31N3O7Si.